The van der Waals surface area contributed by atoms with Gasteiger partial charge in [0.2, 0.25) is 6.10 Å². The molecule has 532 valence electrons. The summed E-state index contributed by atoms with van der Waals surface area (Å²) in [6.45, 7) is 27.0. The third-order valence-corrected chi connectivity index (χ3v) is 29.0. The van der Waals surface area contributed by atoms with Crippen LogP contribution in [-0.2, 0) is 38.1 Å². The highest BCUT2D eigenvalue weighted by Gasteiger charge is 2.70. The average Bonchev–Trinajstić information content (AvgIpc) is 1.56. The Morgan fingerprint density at radius 3 is 1.16 bits per heavy atom. The molecule has 14 saturated carbocycles. The molecule has 0 aromatic rings. The number of cyclic esters (lactones) is 1. The molecule has 2 N–H and O–H groups in total. The molecule has 34 atom stereocenters. The van der Waals surface area contributed by atoms with Gasteiger partial charge in [-0.3, -0.25) is 14.4 Å². The number of aliphatic hydroxyl groups excluding tert-OH is 2. The van der Waals surface area contributed by atoms with Gasteiger partial charge in [-0.15, -0.1) is 0 Å². The van der Waals surface area contributed by atoms with Crippen LogP contribution >= 0.6 is 0 Å². The van der Waals surface area contributed by atoms with Gasteiger partial charge in [-0.25, -0.2) is 4.79 Å². The van der Waals surface area contributed by atoms with E-state index >= 15 is 0 Å². The largest absolute Gasteiger partial charge is 0.463 e. The highest BCUT2D eigenvalue weighted by atomic mass is 16.6. The van der Waals surface area contributed by atoms with Crippen molar-refractivity contribution in [3.05, 3.63) is 0 Å². The molecular formula is C81H148O10. The first-order valence-corrected chi connectivity index (χ1v) is 36.0. The van der Waals surface area contributed by atoms with Crippen LogP contribution in [0.2, 0.25) is 0 Å². The summed E-state index contributed by atoms with van der Waals surface area (Å²) in [6.07, 6.45) is 23.8. The van der Waals surface area contributed by atoms with E-state index in [9.17, 15) is 29.4 Å². The molecule has 0 spiro atoms. The van der Waals surface area contributed by atoms with Gasteiger partial charge in [-0.05, 0) is 264 Å². The Labute approximate surface area is 561 Å². The van der Waals surface area contributed by atoms with E-state index in [4.69, 9.17) is 18.9 Å². The summed E-state index contributed by atoms with van der Waals surface area (Å²) in [5.74, 6) is 23.8. The fraction of sp³-hybridized carbons (Fsp3) is 0.951. The Hall–Kier alpha value is -2.20. The van der Waals surface area contributed by atoms with Gasteiger partial charge >= 0.3 is 23.9 Å². The van der Waals surface area contributed by atoms with E-state index in [2.05, 4.69) is 55.4 Å². The minimum absolute atomic E-state index is 0. The van der Waals surface area contributed by atoms with Crippen LogP contribution in [-0.4, -0.2) is 71.2 Å². The minimum Gasteiger partial charge on any atom is -0.463 e. The summed E-state index contributed by atoms with van der Waals surface area (Å²) >= 11 is 0. The van der Waals surface area contributed by atoms with Crippen LogP contribution in [0.1, 0.15) is 271 Å². The molecule has 0 aromatic heterocycles. The molecule has 14 bridgehead atoms. The van der Waals surface area contributed by atoms with Gasteiger partial charge in [0.15, 0.2) is 0 Å². The fourth-order valence-corrected chi connectivity index (χ4v) is 27.4. The Balaban J connectivity index is 0.000000254. The standard InChI is InChI=1S/C21H30O4.C21H34O2.C16H26O.C15H26O3.8CH4/c1-3-11-12(4-2)15-9-14(11)18-10-7-13(19(15)18)16(8-10)20(22)25-17-5-6-24-21(17)23;1-6-12-13(7-2)16-10-15(12)18-11-8-14(19(16)18)17(9-11)20(22)23-21(3,4)5;1-3-9-10(4-2)12-7-11(9)15-8-5-13(16(12)15)14(17)6-8;1-4-11-10-6-13(12(11)5-2)14(7-10)15(17)18-8-9(3)16;;;;;;;;/h10-19H,3-9H2,1-2H3;11-19H,6-10H2,1-5H3;8-17H,3-7H2,1-2H3;9-14,16H,4-8H2,1-3H3;8*1H4. The molecule has 1 aliphatic heterocycles. The predicted molar refractivity (Wildman–Crippen MR) is 375 cm³/mol. The van der Waals surface area contributed by atoms with E-state index in [0.29, 0.717) is 42.6 Å². The van der Waals surface area contributed by atoms with Crippen LogP contribution < -0.4 is 0 Å². The lowest BCUT2D eigenvalue weighted by Crippen LogP contribution is -2.42. The van der Waals surface area contributed by atoms with Gasteiger partial charge in [0.1, 0.15) is 12.2 Å². The topological polar surface area (TPSA) is 146 Å². The summed E-state index contributed by atoms with van der Waals surface area (Å²) in [5, 5.41) is 19.4. The molecule has 15 rings (SSSR count). The highest BCUT2D eigenvalue weighted by Crippen LogP contribution is 2.75. The first-order chi connectivity index (χ1) is 39.8. The summed E-state index contributed by atoms with van der Waals surface area (Å²) < 4.78 is 21.5. The van der Waals surface area contributed by atoms with Crippen LogP contribution in [0.5, 0.6) is 0 Å². The third kappa shape index (κ3) is 13.6. The lowest BCUT2D eigenvalue weighted by molar-refractivity contribution is -0.166. The van der Waals surface area contributed by atoms with Crippen molar-refractivity contribution in [2.24, 2.45) is 183 Å². The molecule has 0 radical (unpaired) electrons. The maximum Gasteiger partial charge on any atom is 0.347 e. The molecule has 1 saturated heterocycles. The number of fused-ring (bicyclic) bond motifs is 29. The van der Waals surface area contributed by atoms with E-state index in [1.807, 2.05) is 20.8 Å². The summed E-state index contributed by atoms with van der Waals surface area (Å²) in [4.78, 5) is 49.2. The fourth-order valence-electron chi connectivity index (χ4n) is 27.4. The highest BCUT2D eigenvalue weighted by molar-refractivity contribution is 5.82. The van der Waals surface area contributed by atoms with Gasteiger partial charge in [0.05, 0.1) is 36.6 Å². The molecule has 10 nitrogen and oxygen atoms in total. The van der Waals surface area contributed by atoms with E-state index < -0.39 is 12.2 Å². The molecule has 34 unspecified atom stereocenters. The summed E-state index contributed by atoms with van der Waals surface area (Å²) in [6, 6.07) is 0. The molecule has 14 aliphatic carbocycles. The number of carbonyl (C=O) groups excluding carboxylic acids is 4. The molecule has 0 amide bonds. The number of hydrogen-bond acceptors (Lipinski definition) is 10. The number of rotatable bonds is 14. The predicted octanol–water partition coefficient (Wildman–Crippen LogP) is 19.4. The number of ether oxygens (including phenoxy) is 4. The zero-order valence-corrected chi connectivity index (χ0v) is 53.8. The van der Waals surface area contributed by atoms with Crippen LogP contribution in [0.15, 0.2) is 0 Å². The number of hydrogen-bond donors (Lipinski definition) is 2. The molecule has 10 heteroatoms. The number of esters is 4. The monoisotopic (exact) mass is 1280 g/mol. The normalized spacial score (nSPS) is 46.9. The van der Waals surface area contributed by atoms with Crippen molar-refractivity contribution in [1.29, 1.82) is 0 Å². The Morgan fingerprint density at radius 2 is 0.780 bits per heavy atom. The van der Waals surface area contributed by atoms with Crippen LogP contribution in [0.3, 0.4) is 0 Å². The summed E-state index contributed by atoms with van der Waals surface area (Å²) in [7, 11) is 0. The van der Waals surface area contributed by atoms with Gasteiger partial charge < -0.3 is 29.2 Å². The van der Waals surface area contributed by atoms with Crippen LogP contribution in [0.25, 0.3) is 0 Å². The van der Waals surface area contributed by atoms with Gasteiger partial charge in [0.25, 0.3) is 0 Å². The number of carbonyl (C=O) groups is 4. The van der Waals surface area contributed by atoms with E-state index in [-0.39, 0.29) is 119 Å². The molecule has 1 heterocycles. The molecule has 15 fully saturated rings. The second kappa shape index (κ2) is 32.0. The minimum atomic E-state index is -0.643. The van der Waals surface area contributed by atoms with Crippen molar-refractivity contribution in [1.82, 2.24) is 0 Å². The van der Waals surface area contributed by atoms with Crippen molar-refractivity contribution in [2.45, 2.75) is 295 Å². The van der Waals surface area contributed by atoms with Crippen LogP contribution in [0, 0.1) is 183 Å². The summed E-state index contributed by atoms with van der Waals surface area (Å²) in [5.41, 5.74) is -0.341. The first kappa shape index (κ1) is 81.2. The SMILES string of the molecule is C.C.C.C.C.C.C.C.CCC1C(CC)C2CC1C1C3CC(C(=O)OC(C)(C)C)C(C3)C21.CCC1C(CC)C2CC1C1C3CC(C(=O)OC4CCOC4=O)C(C3)C21.CCC1C(CC)C2CC1C1C3CC(O)C(C3)C21.CCC1C2CC(C(=O)OCC(C)O)C(C2)C1CC. The average molecular weight is 1280 g/mol. The van der Waals surface area contributed by atoms with Gasteiger partial charge in [0, 0.05) is 6.42 Å². The van der Waals surface area contributed by atoms with E-state index in [1.54, 1.807) is 6.92 Å². The molecule has 15 aliphatic rings. The van der Waals surface area contributed by atoms with Crippen molar-refractivity contribution < 1.29 is 48.3 Å². The number of aliphatic hydroxyl groups is 2. The van der Waals surface area contributed by atoms with Crippen molar-refractivity contribution in [2.75, 3.05) is 13.2 Å². The zero-order valence-electron chi connectivity index (χ0n) is 53.8. The third-order valence-electron chi connectivity index (χ3n) is 29.0. The molecular weight excluding hydrogens is 1130 g/mol. The zero-order chi connectivity index (χ0) is 58.8. The maximum absolute atomic E-state index is 12.8. The Morgan fingerprint density at radius 1 is 0.440 bits per heavy atom. The Kier molecular flexibility index (Phi) is 28.6. The van der Waals surface area contributed by atoms with Crippen molar-refractivity contribution in [3.8, 4) is 0 Å². The molecule has 91 heavy (non-hydrogen) atoms. The van der Waals surface area contributed by atoms with Crippen LogP contribution in [0.4, 0.5) is 0 Å². The van der Waals surface area contributed by atoms with Gasteiger partial charge in [-0.1, -0.05) is 166 Å². The van der Waals surface area contributed by atoms with E-state index in [1.165, 1.54) is 96.3 Å². The van der Waals surface area contributed by atoms with Crippen molar-refractivity contribution in [3.63, 3.8) is 0 Å². The van der Waals surface area contributed by atoms with Crippen molar-refractivity contribution >= 4 is 23.9 Å². The second-order valence-corrected chi connectivity index (χ2v) is 32.6. The van der Waals surface area contributed by atoms with Gasteiger partial charge in [-0.2, -0.15) is 0 Å². The second-order valence-electron chi connectivity index (χ2n) is 32.6. The first-order valence-electron chi connectivity index (χ1n) is 36.0. The lowest BCUT2D eigenvalue weighted by atomic mass is 9.60. The maximum atomic E-state index is 12.8. The quantitative estimate of drug-likeness (QED) is 0.0979. The Bertz CT molecular complexity index is 2330. The smallest absolute Gasteiger partial charge is 0.347 e. The van der Waals surface area contributed by atoms with E-state index in [0.717, 1.165) is 162 Å². The molecule has 0 aromatic carbocycles. The lowest BCUT2D eigenvalue weighted by Gasteiger charge is -2.45.